The third kappa shape index (κ3) is 3.43. The molecule has 3 heteroatoms. The molecule has 0 aliphatic heterocycles. The molecular formula is C18H20N2O. The van der Waals surface area contributed by atoms with Gasteiger partial charge in [-0.2, -0.15) is 0 Å². The molecule has 0 heterocycles. The molecule has 0 aromatic heterocycles. The molecule has 0 radical (unpaired) electrons. The molecule has 1 amide bonds. The van der Waals surface area contributed by atoms with Gasteiger partial charge in [0, 0.05) is 11.7 Å². The van der Waals surface area contributed by atoms with Gasteiger partial charge < -0.3 is 11.1 Å². The topological polar surface area (TPSA) is 55.1 Å². The number of carbonyl (C=O) groups excluding carboxylic acids is 1. The van der Waals surface area contributed by atoms with Crippen LogP contribution in [0.3, 0.4) is 0 Å². The van der Waals surface area contributed by atoms with Crippen molar-refractivity contribution < 1.29 is 4.79 Å². The molecule has 3 N–H and O–H groups in total. The van der Waals surface area contributed by atoms with Gasteiger partial charge in [-0.15, -0.1) is 0 Å². The minimum absolute atomic E-state index is 0.0741. The maximum absolute atomic E-state index is 12.2. The summed E-state index contributed by atoms with van der Waals surface area (Å²) < 4.78 is 0. The third-order valence-electron chi connectivity index (χ3n) is 4.03. The Morgan fingerprint density at radius 3 is 2.76 bits per heavy atom. The highest BCUT2D eigenvalue weighted by molar-refractivity contribution is 5.79. The number of hydrogen-bond donors (Lipinski definition) is 2. The van der Waals surface area contributed by atoms with Crippen molar-refractivity contribution in [2.45, 2.75) is 31.7 Å². The number of rotatable bonds is 3. The Balaban J connectivity index is 1.59. The predicted molar refractivity (Wildman–Crippen MR) is 85.0 cm³/mol. The van der Waals surface area contributed by atoms with E-state index in [1.54, 1.807) is 0 Å². The van der Waals surface area contributed by atoms with E-state index < -0.39 is 0 Å². The predicted octanol–water partition coefficient (Wildman–Crippen LogP) is 2.49. The van der Waals surface area contributed by atoms with Crippen LogP contribution in [0.2, 0.25) is 0 Å². The molecule has 3 nitrogen and oxygen atoms in total. The van der Waals surface area contributed by atoms with E-state index >= 15 is 0 Å². The van der Waals surface area contributed by atoms with E-state index in [1.807, 2.05) is 24.3 Å². The van der Waals surface area contributed by atoms with Crippen LogP contribution in [0.25, 0.3) is 0 Å². The Morgan fingerprint density at radius 2 is 1.95 bits per heavy atom. The van der Waals surface area contributed by atoms with Gasteiger partial charge >= 0.3 is 0 Å². The van der Waals surface area contributed by atoms with Crippen LogP contribution in [0.5, 0.6) is 0 Å². The molecule has 2 aromatic carbocycles. The fourth-order valence-corrected chi connectivity index (χ4v) is 2.99. The molecule has 2 aromatic rings. The van der Waals surface area contributed by atoms with E-state index in [0.717, 1.165) is 24.8 Å². The Kier molecular flexibility index (Phi) is 3.91. The summed E-state index contributed by atoms with van der Waals surface area (Å²) in [6.45, 7) is 0. The second-order valence-corrected chi connectivity index (χ2v) is 5.70. The van der Waals surface area contributed by atoms with Crippen LogP contribution in [0, 0.1) is 0 Å². The number of aryl methyl sites for hydroxylation is 1. The van der Waals surface area contributed by atoms with Crippen molar-refractivity contribution in [2.24, 2.45) is 0 Å². The van der Waals surface area contributed by atoms with Crippen molar-refractivity contribution in [1.29, 1.82) is 0 Å². The number of amides is 1. The lowest BCUT2D eigenvalue weighted by atomic mass is 9.88. The summed E-state index contributed by atoms with van der Waals surface area (Å²) in [5, 5.41) is 3.15. The molecule has 0 bridgehead atoms. The van der Waals surface area contributed by atoms with Crippen molar-refractivity contribution in [2.75, 3.05) is 5.73 Å². The van der Waals surface area contributed by atoms with Crippen molar-refractivity contribution in [3.63, 3.8) is 0 Å². The van der Waals surface area contributed by atoms with Gasteiger partial charge in [-0.1, -0.05) is 36.4 Å². The smallest absolute Gasteiger partial charge is 0.224 e. The van der Waals surface area contributed by atoms with Crippen LogP contribution in [-0.2, 0) is 24.1 Å². The summed E-state index contributed by atoms with van der Waals surface area (Å²) in [4.78, 5) is 12.2. The highest BCUT2D eigenvalue weighted by Crippen LogP contribution is 2.21. The van der Waals surface area contributed by atoms with Crippen molar-refractivity contribution >= 4 is 11.6 Å². The fraction of sp³-hybridized carbons (Fsp3) is 0.278. The normalized spacial score (nSPS) is 17.0. The first kappa shape index (κ1) is 13.7. The van der Waals surface area contributed by atoms with E-state index in [4.69, 9.17) is 5.73 Å². The molecule has 1 atom stereocenters. The maximum Gasteiger partial charge on any atom is 0.224 e. The number of nitrogens with one attached hydrogen (secondary N) is 1. The SMILES string of the molecule is Nc1cccc(CC(=O)NC2CCc3ccccc3C2)c1. The van der Waals surface area contributed by atoms with E-state index in [2.05, 4.69) is 29.6 Å². The van der Waals surface area contributed by atoms with Crippen molar-refractivity contribution in [1.82, 2.24) is 5.32 Å². The lowest BCUT2D eigenvalue weighted by Gasteiger charge is -2.25. The molecule has 108 valence electrons. The zero-order valence-electron chi connectivity index (χ0n) is 12.0. The van der Waals surface area contributed by atoms with E-state index in [1.165, 1.54) is 11.1 Å². The number of fused-ring (bicyclic) bond motifs is 1. The third-order valence-corrected chi connectivity index (χ3v) is 4.03. The monoisotopic (exact) mass is 280 g/mol. The van der Waals surface area contributed by atoms with Crippen LogP contribution in [-0.4, -0.2) is 11.9 Å². The Morgan fingerprint density at radius 1 is 1.14 bits per heavy atom. The molecule has 3 rings (SSSR count). The number of nitrogen functional groups attached to an aromatic ring is 1. The van der Waals surface area contributed by atoms with Gasteiger partial charge in [0.25, 0.3) is 0 Å². The maximum atomic E-state index is 12.2. The van der Waals surface area contributed by atoms with Crippen LogP contribution >= 0.6 is 0 Å². The molecule has 0 spiro atoms. The number of hydrogen-bond acceptors (Lipinski definition) is 2. The summed E-state index contributed by atoms with van der Waals surface area (Å²) in [5.41, 5.74) is 10.2. The van der Waals surface area contributed by atoms with Gasteiger partial charge in [0.2, 0.25) is 5.91 Å². The second-order valence-electron chi connectivity index (χ2n) is 5.70. The van der Waals surface area contributed by atoms with Gasteiger partial charge in [-0.25, -0.2) is 0 Å². The quantitative estimate of drug-likeness (QED) is 0.849. The number of benzene rings is 2. The molecule has 1 aliphatic carbocycles. The van der Waals surface area contributed by atoms with Crippen molar-refractivity contribution in [3.8, 4) is 0 Å². The van der Waals surface area contributed by atoms with Crippen LogP contribution in [0.4, 0.5) is 5.69 Å². The summed E-state index contributed by atoms with van der Waals surface area (Å²) in [6, 6.07) is 16.2. The Labute approximate surface area is 125 Å². The summed E-state index contributed by atoms with van der Waals surface area (Å²) in [7, 11) is 0. The fourth-order valence-electron chi connectivity index (χ4n) is 2.99. The highest BCUT2D eigenvalue weighted by Gasteiger charge is 2.19. The first-order valence-corrected chi connectivity index (χ1v) is 7.41. The highest BCUT2D eigenvalue weighted by atomic mass is 16.1. The van der Waals surface area contributed by atoms with Gasteiger partial charge in [0.1, 0.15) is 0 Å². The summed E-state index contributed by atoms with van der Waals surface area (Å²) >= 11 is 0. The molecule has 0 saturated carbocycles. The molecule has 1 unspecified atom stereocenters. The van der Waals surface area contributed by atoms with E-state index in [9.17, 15) is 4.79 Å². The largest absolute Gasteiger partial charge is 0.399 e. The lowest BCUT2D eigenvalue weighted by molar-refractivity contribution is -0.121. The average Bonchev–Trinajstić information content (AvgIpc) is 2.47. The summed E-state index contributed by atoms with van der Waals surface area (Å²) in [6.07, 6.45) is 3.38. The second kappa shape index (κ2) is 6.00. The van der Waals surface area contributed by atoms with Crippen LogP contribution in [0.1, 0.15) is 23.1 Å². The van der Waals surface area contributed by atoms with Crippen LogP contribution < -0.4 is 11.1 Å². The first-order valence-electron chi connectivity index (χ1n) is 7.41. The van der Waals surface area contributed by atoms with Gasteiger partial charge in [-0.3, -0.25) is 4.79 Å². The molecule has 1 aliphatic rings. The molecule has 0 fully saturated rings. The first-order chi connectivity index (χ1) is 10.2. The number of carbonyl (C=O) groups is 1. The van der Waals surface area contributed by atoms with Gasteiger partial charge in [0.05, 0.1) is 6.42 Å². The molecular weight excluding hydrogens is 260 g/mol. The minimum Gasteiger partial charge on any atom is -0.399 e. The summed E-state index contributed by atoms with van der Waals surface area (Å²) in [5.74, 6) is 0.0741. The lowest BCUT2D eigenvalue weighted by Crippen LogP contribution is -2.39. The van der Waals surface area contributed by atoms with Crippen LogP contribution in [0.15, 0.2) is 48.5 Å². The number of nitrogens with two attached hydrogens (primary N) is 1. The molecule has 21 heavy (non-hydrogen) atoms. The van der Waals surface area contributed by atoms with Crippen molar-refractivity contribution in [3.05, 3.63) is 65.2 Å². The van der Waals surface area contributed by atoms with E-state index in [0.29, 0.717) is 12.1 Å². The van der Waals surface area contributed by atoms with Gasteiger partial charge in [-0.05, 0) is 48.1 Å². The standard InChI is InChI=1S/C18H20N2O/c19-16-7-3-4-13(10-16)11-18(21)20-17-9-8-14-5-1-2-6-15(14)12-17/h1-7,10,17H,8-9,11-12,19H2,(H,20,21). The number of anilines is 1. The zero-order valence-corrected chi connectivity index (χ0v) is 12.0. The zero-order chi connectivity index (χ0) is 14.7. The average molecular weight is 280 g/mol. The molecule has 0 saturated heterocycles. The van der Waals surface area contributed by atoms with E-state index in [-0.39, 0.29) is 11.9 Å². The van der Waals surface area contributed by atoms with Gasteiger partial charge in [0.15, 0.2) is 0 Å². The minimum atomic E-state index is 0.0741. The Bertz CT molecular complexity index is 651. The Hall–Kier alpha value is -2.29.